The van der Waals surface area contributed by atoms with Gasteiger partial charge in [-0.25, -0.2) is 8.78 Å². The number of allylic oxidation sites excluding steroid dienone is 1. The molecule has 12 heteroatoms. The van der Waals surface area contributed by atoms with Gasteiger partial charge in [0, 0.05) is 47.8 Å². The minimum absolute atomic E-state index is 0.140. The van der Waals surface area contributed by atoms with Crippen molar-refractivity contribution >= 4 is 28.4 Å². The minimum atomic E-state index is -2.81. The van der Waals surface area contributed by atoms with E-state index in [1.807, 2.05) is 0 Å². The summed E-state index contributed by atoms with van der Waals surface area (Å²) in [5, 5.41) is 22.8. The Morgan fingerprint density at radius 2 is 2.08 bits per heavy atom. The van der Waals surface area contributed by atoms with E-state index in [2.05, 4.69) is 42.3 Å². The van der Waals surface area contributed by atoms with Crippen molar-refractivity contribution in [3.63, 3.8) is 0 Å². The molecule has 9 nitrogen and oxygen atoms in total. The Morgan fingerprint density at radius 3 is 2.78 bits per heavy atom. The van der Waals surface area contributed by atoms with Gasteiger partial charge in [0.1, 0.15) is 11.4 Å². The Balaban J connectivity index is 1.74. The number of rotatable bonds is 8. The summed E-state index contributed by atoms with van der Waals surface area (Å²) in [5.74, 6) is 6.72. The number of aliphatic imine (C=N–C) groups is 1. The molecule has 0 aromatic carbocycles. The second kappa shape index (κ2) is 11.2. The first-order valence-electron chi connectivity index (χ1n) is 10.9. The van der Waals surface area contributed by atoms with Gasteiger partial charge in [0.25, 0.3) is 6.43 Å². The quantitative estimate of drug-likeness (QED) is 0.236. The number of ether oxygens (including phenoxy) is 1. The molecule has 1 unspecified atom stereocenters. The number of aliphatic hydroxyl groups excluding tert-OH is 1. The molecule has 0 radical (unpaired) electrons. The maximum Gasteiger partial charge on any atom is 0.280 e. The van der Waals surface area contributed by atoms with Crippen LogP contribution in [0.5, 0.6) is 5.75 Å². The Labute approximate surface area is 210 Å². The van der Waals surface area contributed by atoms with Crippen molar-refractivity contribution < 1.29 is 18.6 Å². The van der Waals surface area contributed by atoms with Gasteiger partial charge in [-0.3, -0.25) is 15.0 Å². The lowest BCUT2D eigenvalue weighted by molar-refractivity contribution is 0.146. The summed E-state index contributed by atoms with van der Waals surface area (Å²) in [6, 6.07) is 2.83. The number of hydrogen-bond acceptors (Lipinski definition) is 10. The van der Waals surface area contributed by atoms with Crippen LogP contribution >= 0.6 is 11.3 Å². The molecule has 0 saturated heterocycles. The van der Waals surface area contributed by atoms with E-state index in [4.69, 9.17) is 10.5 Å². The number of alkyl halides is 2. The fourth-order valence-corrected chi connectivity index (χ4v) is 3.81. The van der Waals surface area contributed by atoms with Crippen LogP contribution in [0.15, 0.2) is 35.6 Å². The number of nitrogens with two attached hydrogens (primary N) is 1. The third-order valence-electron chi connectivity index (χ3n) is 5.18. The summed E-state index contributed by atoms with van der Waals surface area (Å²) in [6.45, 7) is 0. The van der Waals surface area contributed by atoms with E-state index in [1.165, 1.54) is 43.1 Å². The average Bonchev–Trinajstić information content (AvgIpc) is 3.62. The molecule has 1 aliphatic rings. The van der Waals surface area contributed by atoms with Crippen LogP contribution in [-0.2, 0) is 0 Å². The minimum Gasteiger partial charge on any atom is -0.494 e. The molecule has 0 spiro atoms. The first-order chi connectivity index (χ1) is 17.4. The first-order valence-corrected chi connectivity index (χ1v) is 11.7. The Kier molecular flexibility index (Phi) is 7.82. The topological polar surface area (TPSA) is 131 Å². The van der Waals surface area contributed by atoms with Gasteiger partial charge in [-0.1, -0.05) is 17.3 Å². The molecule has 36 heavy (non-hydrogen) atoms. The molecule has 4 rings (SSSR count). The molecular formula is C24H23F2N7O2S. The SMILES string of the molecule is CN=C/C=C(\N)c1cnc(C(O)Nc2nnc(C#CC3CC3)s2)c(-c2cc(C(F)F)ncc2OC)c1. The zero-order chi connectivity index (χ0) is 25.7. The number of nitrogens with zero attached hydrogens (tertiary/aromatic N) is 5. The van der Waals surface area contributed by atoms with Crippen LogP contribution in [0.1, 0.15) is 47.5 Å². The lowest BCUT2D eigenvalue weighted by Gasteiger charge is -2.18. The number of halogens is 2. The van der Waals surface area contributed by atoms with Crippen molar-refractivity contribution in [1.29, 1.82) is 0 Å². The lowest BCUT2D eigenvalue weighted by atomic mass is 9.99. The van der Waals surface area contributed by atoms with Crippen molar-refractivity contribution in [2.75, 3.05) is 19.5 Å². The van der Waals surface area contributed by atoms with Gasteiger partial charge < -0.3 is 20.9 Å². The number of aliphatic hydroxyl groups is 1. The van der Waals surface area contributed by atoms with Crippen molar-refractivity contribution in [1.82, 2.24) is 20.2 Å². The Morgan fingerprint density at radius 1 is 1.28 bits per heavy atom. The van der Waals surface area contributed by atoms with Crippen LogP contribution in [0.25, 0.3) is 16.8 Å². The number of methoxy groups -OCH3 is 1. The van der Waals surface area contributed by atoms with E-state index >= 15 is 0 Å². The monoisotopic (exact) mass is 511 g/mol. The van der Waals surface area contributed by atoms with E-state index in [0.29, 0.717) is 32.9 Å². The fraction of sp³-hybridized carbons (Fsp3) is 0.292. The third-order valence-corrected chi connectivity index (χ3v) is 5.95. The molecule has 4 N–H and O–H groups in total. The second-order valence-electron chi connectivity index (χ2n) is 7.80. The zero-order valence-corrected chi connectivity index (χ0v) is 20.3. The van der Waals surface area contributed by atoms with Crippen LogP contribution in [0.4, 0.5) is 13.9 Å². The molecule has 1 fully saturated rings. The van der Waals surface area contributed by atoms with Crippen LogP contribution in [-0.4, -0.2) is 45.6 Å². The van der Waals surface area contributed by atoms with Gasteiger partial charge in [-0.15, -0.1) is 10.2 Å². The first kappa shape index (κ1) is 25.2. The smallest absolute Gasteiger partial charge is 0.280 e. The molecule has 1 saturated carbocycles. The number of anilines is 1. The summed E-state index contributed by atoms with van der Waals surface area (Å²) < 4.78 is 32.3. The highest BCUT2D eigenvalue weighted by Gasteiger charge is 2.23. The Bertz CT molecular complexity index is 1360. The molecule has 1 aliphatic carbocycles. The normalized spacial score (nSPS) is 14.6. The summed E-state index contributed by atoms with van der Waals surface area (Å²) >= 11 is 1.19. The third kappa shape index (κ3) is 5.99. The highest BCUT2D eigenvalue weighted by Crippen LogP contribution is 2.37. The molecular weight excluding hydrogens is 488 g/mol. The van der Waals surface area contributed by atoms with Crippen molar-refractivity contribution in [3.8, 4) is 28.7 Å². The Hall–Kier alpha value is -3.95. The van der Waals surface area contributed by atoms with Crippen LogP contribution in [0.2, 0.25) is 0 Å². The average molecular weight is 512 g/mol. The van der Waals surface area contributed by atoms with E-state index < -0.39 is 18.3 Å². The van der Waals surface area contributed by atoms with Crippen molar-refractivity contribution in [2.45, 2.75) is 25.5 Å². The summed E-state index contributed by atoms with van der Waals surface area (Å²) in [7, 11) is 2.99. The molecule has 0 bridgehead atoms. The molecule has 3 heterocycles. The molecule has 0 aliphatic heterocycles. The second-order valence-corrected chi connectivity index (χ2v) is 8.78. The molecule has 3 aromatic rings. The van der Waals surface area contributed by atoms with Gasteiger partial charge in [-0.05, 0) is 37.0 Å². The van der Waals surface area contributed by atoms with Crippen LogP contribution < -0.4 is 15.8 Å². The van der Waals surface area contributed by atoms with Crippen molar-refractivity contribution in [2.24, 2.45) is 16.6 Å². The standard InChI is InChI=1S/C24H23F2N7O2S/c1-28-8-7-17(27)14-9-16(15-10-18(22(25)26)29-12-19(15)35-2)21(30-11-14)23(34)31-24-33-32-20(36-24)6-5-13-3-4-13/h7-13,22-23,34H,3-4,27H2,1-2H3,(H,31,33)/b17-7-,28-8?. The van der Waals surface area contributed by atoms with E-state index in [9.17, 15) is 13.9 Å². The summed E-state index contributed by atoms with van der Waals surface area (Å²) in [4.78, 5) is 12.0. The van der Waals surface area contributed by atoms with Gasteiger partial charge in [0.2, 0.25) is 5.13 Å². The maximum atomic E-state index is 13.5. The molecule has 0 amide bonds. The summed E-state index contributed by atoms with van der Waals surface area (Å²) in [6.07, 6.45) is 3.78. The van der Waals surface area contributed by atoms with E-state index in [0.717, 1.165) is 12.8 Å². The van der Waals surface area contributed by atoms with Crippen LogP contribution in [0.3, 0.4) is 0 Å². The lowest BCUT2D eigenvalue weighted by Crippen LogP contribution is -2.14. The van der Waals surface area contributed by atoms with Gasteiger partial charge in [0.05, 0.1) is 19.0 Å². The molecule has 3 aromatic heterocycles. The fourth-order valence-electron chi connectivity index (χ4n) is 3.18. The molecule has 186 valence electrons. The number of aromatic nitrogens is 4. The highest BCUT2D eigenvalue weighted by atomic mass is 32.1. The zero-order valence-electron chi connectivity index (χ0n) is 19.4. The predicted molar refractivity (Wildman–Crippen MR) is 134 cm³/mol. The number of hydrogen-bond donors (Lipinski definition) is 3. The number of nitrogens with one attached hydrogen (secondary N) is 1. The summed E-state index contributed by atoms with van der Waals surface area (Å²) in [5.41, 5.74) is 7.24. The van der Waals surface area contributed by atoms with Gasteiger partial charge >= 0.3 is 0 Å². The van der Waals surface area contributed by atoms with Crippen molar-refractivity contribution in [3.05, 3.63) is 52.6 Å². The predicted octanol–water partition coefficient (Wildman–Crippen LogP) is 3.81. The van der Waals surface area contributed by atoms with Gasteiger partial charge in [-0.2, -0.15) is 0 Å². The van der Waals surface area contributed by atoms with Gasteiger partial charge in [0.15, 0.2) is 11.2 Å². The van der Waals surface area contributed by atoms with E-state index in [-0.39, 0.29) is 17.0 Å². The highest BCUT2D eigenvalue weighted by molar-refractivity contribution is 7.15. The van der Waals surface area contributed by atoms with Crippen LogP contribution in [0, 0.1) is 17.8 Å². The maximum absolute atomic E-state index is 13.5. The largest absolute Gasteiger partial charge is 0.494 e. The number of pyridine rings is 2. The molecule has 1 atom stereocenters. The van der Waals surface area contributed by atoms with E-state index in [1.54, 1.807) is 19.2 Å².